The number of imidazole rings is 1. The molecule has 0 radical (unpaired) electrons. The summed E-state index contributed by atoms with van der Waals surface area (Å²) in [6.07, 6.45) is 6.60. The van der Waals surface area contributed by atoms with E-state index < -0.39 is 0 Å². The van der Waals surface area contributed by atoms with Crippen LogP contribution in [0.3, 0.4) is 0 Å². The summed E-state index contributed by atoms with van der Waals surface area (Å²) in [5.74, 6) is 1.21. The van der Waals surface area contributed by atoms with Crippen LogP contribution in [0.15, 0.2) is 49.2 Å². The molecule has 0 aliphatic carbocycles. The Bertz CT molecular complexity index is 971. The lowest BCUT2D eigenvalue weighted by atomic mass is 10.1. The summed E-state index contributed by atoms with van der Waals surface area (Å²) in [6.45, 7) is 5.47. The van der Waals surface area contributed by atoms with Crippen LogP contribution < -0.4 is 10.2 Å². The van der Waals surface area contributed by atoms with Crippen molar-refractivity contribution in [3.63, 3.8) is 0 Å². The second-order valence-corrected chi connectivity index (χ2v) is 7.01. The van der Waals surface area contributed by atoms with Gasteiger partial charge in [-0.1, -0.05) is 0 Å². The Morgan fingerprint density at radius 1 is 1.04 bits per heavy atom. The molecule has 4 rings (SSSR count). The van der Waals surface area contributed by atoms with Crippen LogP contribution in [-0.2, 0) is 0 Å². The Balaban J connectivity index is 1.45. The summed E-state index contributed by atoms with van der Waals surface area (Å²) >= 11 is 0. The summed E-state index contributed by atoms with van der Waals surface area (Å²) in [6, 6.07) is 11.0. The summed E-state index contributed by atoms with van der Waals surface area (Å²) in [7, 11) is 2.17. The predicted molar refractivity (Wildman–Crippen MR) is 108 cm³/mol. The number of aromatic nitrogens is 4. The molecule has 28 heavy (non-hydrogen) atoms. The second-order valence-electron chi connectivity index (χ2n) is 7.01. The quantitative estimate of drug-likeness (QED) is 0.750. The van der Waals surface area contributed by atoms with E-state index in [1.54, 1.807) is 6.33 Å². The first-order valence-electron chi connectivity index (χ1n) is 9.21. The second kappa shape index (κ2) is 7.66. The number of nitrogens with one attached hydrogen (secondary N) is 1. The molecule has 1 aromatic carbocycles. The third-order valence-corrected chi connectivity index (χ3v) is 4.92. The van der Waals surface area contributed by atoms with Crippen molar-refractivity contribution < 1.29 is 0 Å². The van der Waals surface area contributed by atoms with Gasteiger partial charge in [-0.2, -0.15) is 5.26 Å². The van der Waals surface area contributed by atoms with Gasteiger partial charge in [-0.25, -0.2) is 15.0 Å². The summed E-state index contributed by atoms with van der Waals surface area (Å²) in [4.78, 5) is 17.3. The molecule has 1 saturated heterocycles. The minimum Gasteiger partial charge on any atom is -0.366 e. The first-order chi connectivity index (χ1) is 13.6. The fraction of sp³-hybridized carbons (Fsp3) is 0.300. The molecule has 0 spiro atoms. The van der Waals surface area contributed by atoms with Gasteiger partial charge in [0.2, 0.25) is 0 Å². The summed E-state index contributed by atoms with van der Waals surface area (Å²) < 4.78 is 1.95. The number of nitrogens with zero attached hydrogens (tertiary/aromatic N) is 7. The van der Waals surface area contributed by atoms with Crippen molar-refractivity contribution in [2.75, 3.05) is 36.9 Å². The summed E-state index contributed by atoms with van der Waals surface area (Å²) in [5.41, 5.74) is 2.57. The van der Waals surface area contributed by atoms with Crippen LogP contribution in [0.2, 0.25) is 0 Å². The molecule has 0 unspecified atom stereocenters. The number of hydrogen-bond acceptors (Lipinski definition) is 7. The number of benzene rings is 1. The number of nitriles is 1. The van der Waals surface area contributed by atoms with E-state index in [1.807, 2.05) is 16.8 Å². The van der Waals surface area contributed by atoms with E-state index in [0.717, 1.165) is 25.3 Å². The predicted octanol–water partition coefficient (Wildman–Crippen LogP) is 2.42. The van der Waals surface area contributed by atoms with Gasteiger partial charge in [0.25, 0.3) is 0 Å². The number of hydrogen-bond donors (Lipinski definition) is 1. The van der Waals surface area contributed by atoms with Gasteiger partial charge in [0, 0.05) is 37.1 Å². The largest absolute Gasteiger partial charge is 0.366 e. The van der Waals surface area contributed by atoms with Gasteiger partial charge in [0.15, 0.2) is 5.69 Å². The molecule has 0 saturated carbocycles. The molecule has 1 aliphatic heterocycles. The zero-order chi connectivity index (χ0) is 19.5. The molecule has 0 bridgehead atoms. The van der Waals surface area contributed by atoms with Gasteiger partial charge in [-0.3, -0.25) is 0 Å². The highest BCUT2D eigenvalue weighted by atomic mass is 15.3. The SMILES string of the molecule is C[C@H]1CN(C)CCN1c1ccc(-n2cnc(Nc3cnc(C#N)cn3)c2)cc1. The van der Waals surface area contributed by atoms with Crippen molar-refractivity contribution in [3.8, 4) is 11.8 Å². The molecule has 3 heterocycles. The average molecular weight is 374 g/mol. The van der Waals surface area contributed by atoms with Gasteiger partial charge < -0.3 is 19.7 Å². The Kier molecular flexibility index (Phi) is 4.91. The van der Waals surface area contributed by atoms with E-state index in [4.69, 9.17) is 5.26 Å². The van der Waals surface area contributed by atoms with Crippen LogP contribution in [0.4, 0.5) is 17.3 Å². The topological polar surface area (TPSA) is 85.9 Å². The van der Waals surface area contributed by atoms with Crippen molar-refractivity contribution in [2.45, 2.75) is 13.0 Å². The van der Waals surface area contributed by atoms with Crippen molar-refractivity contribution in [3.05, 3.63) is 54.9 Å². The normalized spacial score (nSPS) is 17.3. The van der Waals surface area contributed by atoms with Crippen LogP contribution in [0.25, 0.3) is 5.69 Å². The average Bonchev–Trinajstić information content (AvgIpc) is 3.17. The smallest absolute Gasteiger partial charge is 0.158 e. The molecular formula is C20H22N8. The van der Waals surface area contributed by atoms with E-state index in [0.29, 0.717) is 17.7 Å². The standard InChI is InChI=1S/C20H22N8/c1-15-12-26(2)7-8-28(15)18-5-3-17(4-6-18)27-13-20(24-14-27)25-19-11-22-16(9-21)10-23-19/h3-6,10-11,13-15H,7-8,12H2,1-2H3,(H,23,25)/t15-/m0/s1. The van der Waals surface area contributed by atoms with Gasteiger partial charge in [0.05, 0.1) is 18.6 Å². The van der Waals surface area contributed by atoms with E-state index in [2.05, 4.69) is 68.3 Å². The zero-order valence-corrected chi connectivity index (χ0v) is 15.9. The molecule has 2 aromatic heterocycles. The molecule has 8 heteroatoms. The molecular weight excluding hydrogens is 352 g/mol. The van der Waals surface area contributed by atoms with Crippen LogP contribution in [-0.4, -0.2) is 57.1 Å². The highest BCUT2D eigenvalue weighted by molar-refractivity contribution is 5.54. The Morgan fingerprint density at radius 2 is 1.82 bits per heavy atom. The van der Waals surface area contributed by atoms with Crippen LogP contribution >= 0.6 is 0 Å². The molecule has 1 aliphatic rings. The third-order valence-electron chi connectivity index (χ3n) is 4.92. The lowest BCUT2D eigenvalue weighted by Gasteiger charge is -2.39. The van der Waals surface area contributed by atoms with E-state index in [9.17, 15) is 0 Å². The number of rotatable bonds is 4. The van der Waals surface area contributed by atoms with Gasteiger partial charge in [-0.05, 0) is 38.2 Å². The van der Waals surface area contributed by atoms with E-state index >= 15 is 0 Å². The Labute approximate surface area is 164 Å². The van der Waals surface area contributed by atoms with Crippen molar-refractivity contribution in [1.82, 2.24) is 24.4 Å². The highest BCUT2D eigenvalue weighted by Gasteiger charge is 2.21. The fourth-order valence-corrected chi connectivity index (χ4v) is 3.45. The minimum absolute atomic E-state index is 0.283. The van der Waals surface area contributed by atoms with Crippen LogP contribution in [0.1, 0.15) is 12.6 Å². The van der Waals surface area contributed by atoms with Crippen LogP contribution in [0.5, 0.6) is 0 Å². The van der Waals surface area contributed by atoms with Gasteiger partial charge in [-0.15, -0.1) is 0 Å². The first kappa shape index (κ1) is 17.9. The third kappa shape index (κ3) is 3.80. The van der Waals surface area contributed by atoms with E-state index in [-0.39, 0.29) is 5.69 Å². The first-order valence-corrected chi connectivity index (χ1v) is 9.21. The molecule has 1 atom stereocenters. The van der Waals surface area contributed by atoms with Crippen LogP contribution in [0, 0.1) is 11.3 Å². The van der Waals surface area contributed by atoms with E-state index in [1.165, 1.54) is 18.1 Å². The molecule has 1 N–H and O–H groups in total. The molecule has 1 fully saturated rings. The maximum absolute atomic E-state index is 8.78. The van der Waals surface area contributed by atoms with Gasteiger partial charge in [0.1, 0.15) is 24.0 Å². The number of anilines is 3. The maximum atomic E-state index is 8.78. The molecule has 3 aromatic rings. The lowest BCUT2D eigenvalue weighted by molar-refractivity contribution is 0.275. The monoisotopic (exact) mass is 374 g/mol. The van der Waals surface area contributed by atoms with Crippen molar-refractivity contribution in [2.24, 2.45) is 0 Å². The number of likely N-dealkylation sites (N-methyl/N-ethyl adjacent to an activating group) is 1. The fourth-order valence-electron chi connectivity index (χ4n) is 3.45. The highest BCUT2D eigenvalue weighted by Crippen LogP contribution is 2.22. The maximum Gasteiger partial charge on any atom is 0.158 e. The van der Waals surface area contributed by atoms with Crippen molar-refractivity contribution in [1.29, 1.82) is 5.26 Å². The molecule has 0 amide bonds. The zero-order valence-electron chi connectivity index (χ0n) is 15.9. The molecule has 8 nitrogen and oxygen atoms in total. The minimum atomic E-state index is 0.283. The summed E-state index contributed by atoms with van der Waals surface area (Å²) in [5, 5.41) is 11.9. The molecule has 142 valence electrons. The Hall–Kier alpha value is -3.44. The Morgan fingerprint density at radius 3 is 2.50 bits per heavy atom. The van der Waals surface area contributed by atoms with Crippen molar-refractivity contribution >= 4 is 17.3 Å². The lowest BCUT2D eigenvalue weighted by Crippen LogP contribution is -2.50. The van der Waals surface area contributed by atoms with Gasteiger partial charge >= 0.3 is 0 Å². The number of piperazine rings is 1.